The van der Waals surface area contributed by atoms with Crippen molar-refractivity contribution in [2.24, 2.45) is 0 Å². The molecule has 5 heteroatoms. The maximum atomic E-state index is 10.9. The summed E-state index contributed by atoms with van der Waals surface area (Å²) in [6.07, 6.45) is 1.42. The van der Waals surface area contributed by atoms with E-state index in [9.17, 15) is 4.79 Å². The van der Waals surface area contributed by atoms with E-state index in [-0.39, 0.29) is 5.69 Å². The molecule has 1 N–H and O–H groups in total. The molecule has 0 bridgehead atoms. The Morgan fingerprint density at radius 1 is 1.33 bits per heavy atom. The fourth-order valence-corrected chi connectivity index (χ4v) is 1.99. The number of aromatic nitrogens is 1. The first kappa shape index (κ1) is 10.2. The van der Waals surface area contributed by atoms with Crippen molar-refractivity contribution >= 4 is 39.9 Å². The molecule has 0 atom stereocenters. The number of fused-ring (bicyclic) bond motifs is 1. The minimum atomic E-state index is -1.11. The highest BCUT2D eigenvalue weighted by atomic mass is 35.5. The van der Waals surface area contributed by atoms with Gasteiger partial charge >= 0.3 is 5.97 Å². The van der Waals surface area contributed by atoms with Gasteiger partial charge in [0.15, 0.2) is 5.69 Å². The molecule has 0 fully saturated rings. The van der Waals surface area contributed by atoms with Gasteiger partial charge in [-0.2, -0.15) is 0 Å². The average molecular weight is 242 g/mol. The number of aromatic carboxylic acids is 1. The molecule has 0 unspecified atom stereocenters. The molecule has 2 aromatic rings. The molecule has 15 heavy (non-hydrogen) atoms. The Morgan fingerprint density at radius 3 is 2.73 bits per heavy atom. The van der Waals surface area contributed by atoms with Crippen molar-refractivity contribution in [3.63, 3.8) is 0 Å². The number of carboxylic acids is 1. The first-order valence-electron chi connectivity index (χ1n) is 4.06. The zero-order chi connectivity index (χ0) is 11.0. The van der Waals surface area contributed by atoms with Crippen molar-refractivity contribution in [3.8, 4) is 0 Å². The molecule has 3 nitrogen and oxygen atoms in total. The number of nitrogens with zero attached hydrogens (tertiary/aromatic N) is 1. The normalized spacial score (nSPS) is 10.5. The Labute approximate surface area is 95.3 Å². The number of carboxylic acid groups (broad SMARTS) is 1. The summed E-state index contributed by atoms with van der Waals surface area (Å²) in [5.74, 6) is -1.11. The van der Waals surface area contributed by atoms with E-state index in [0.717, 1.165) is 0 Å². The van der Waals surface area contributed by atoms with Gasteiger partial charge in [-0.15, -0.1) is 0 Å². The Hall–Kier alpha value is -1.32. The second kappa shape index (κ2) is 3.68. The maximum absolute atomic E-state index is 10.9. The number of carbonyl (C=O) groups is 1. The van der Waals surface area contributed by atoms with Gasteiger partial charge < -0.3 is 5.11 Å². The molecule has 0 aliphatic rings. The van der Waals surface area contributed by atoms with E-state index in [0.29, 0.717) is 20.8 Å². The van der Waals surface area contributed by atoms with Gasteiger partial charge in [-0.05, 0) is 23.6 Å². The Kier molecular flexibility index (Phi) is 2.50. The molecule has 0 aliphatic heterocycles. The Morgan fingerprint density at radius 2 is 2.07 bits per heavy atom. The fraction of sp³-hybridized carbons (Fsp3) is 0. The molecule has 0 saturated heterocycles. The monoisotopic (exact) mass is 241 g/mol. The van der Waals surface area contributed by atoms with E-state index < -0.39 is 5.97 Å². The van der Waals surface area contributed by atoms with Crippen LogP contribution in [-0.4, -0.2) is 16.1 Å². The highest BCUT2D eigenvalue weighted by molar-refractivity contribution is 6.39. The van der Waals surface area contributed by atoms with E-state index in [1.54, 1.807) is 12.1 Å². The van der Waals surface area contributed by atoms with Crippen molar-refractivity contribution in [1.29, 1.82) is 0 Å². The minimum absolute atomic E-state index is 0.0610. The summed E-state index contributed by atoms with van der Waals surface area (Å²) >= 11 is 11.7. The third-order valence-corrected chi connectivity index (χ3v) is 2.50. The smallest absolute Gasteiger partial charge is 0.355 e. The summed E-state index contributed by atoms with van der Waals surface area (Å²) in [7, 11) is 0. The predicted molar refractivity (Wildman–Crippen MR) is 58.7 cm³/mol. The van der Waals surface area contributed by atoms with E-state index >= 15 is 0 Å². The number of halogens is 2. The SMILES string of the molecule is O=C(O)c1nccc2cc(Cl)cc(Cl)c12. The van der Waals surface area contributed by atoms with E-state index in [2.05, 4.69) is 4.98 Å². The zero-order valence-electron chi connectivity index (χ0n) is 7.37. The van der Waals surface area contributed by atoms with Crippen molar-refractivity contribution in [2.75, 3.05) is 0 Å². The van der Waals surface area contributed by atoms with Crippen molar-refractivity contribution in [2.45, 2.75) is 0 Å². The predicted octanol–water partition coefficient (Wildman–Crippen LogP) is 3.24. The lowest BCUT2D eigenvalue weighted by Gasteiger charge is -2.04. The van der Waals surface area contributed by atoms with Crippen LogP contribution in [0.1, 0.15) is 10.5 Å². The van der Waals surface area contributed by atoms with Gasteiger partial charge in [0, 0.05) is 16.6 Å². The average Bonchev–Trinajstić information content (AvgIpc) is 2.16. The molecular formula is C10H5Cl2NO2. The van der Waals surface area contributed by atoms with Gasteiger partial charge in [0.2, 0.25) is 0 Å². The van der Waals surface area contributed by atoms with Gasteiger partial charge in [-0.3, -0.25) is 0 Å². The first-order valence-corrected chi connectivity index (χ1v) is 4.82. The number of benzene rings is 1. The molecule has 0 aliphatic carbocycles. The summed E-state index contributed by atoms with van der Waals surface area (Å²) < 4.78 is 0. The van der Waals surface area contributed by atoms with Crippen LogP contribution >= 0.6 is 23.2 Å². The molecule has 1 aromatic heterocycles. The molecule has 1 heterocycles. The quantitative estimate of drug-likeness (QED) is 0.834. The van der Waals surface area contributed by atoms with Gasteiger partial charge in [-0.1, -0.05) is 23.2 Å². The largest absolute Gasteiger partial charge is 0.476 e. The molecule has 2 rings (SSSR count). The number of hydrogen-bond acceptors (Lipinski definition) is 2. The van der Waals surface area contributed by atoms with E-state index in [1.165, 1.54) is 12.3 Å². The second-order valence-corrected chi connectivity index (χ2v) is 3.79. The number of hydrogen-bond donors (Lipinski definition) is 1. The number of rotatable bonds is 1. The maximum Gasteiger partial charge on any atom is 0.355 e. The summed E-state index contributed by atoms with van der Waals surface area (Å²) in [6, 6.07) is 4.82. The summed E-state index contributed by atoms with van der Waals surface area (Å²) in [6.45, 7) is 0. The summed E-state index contributed by atoms with van der Waals surface area (Å²) in [5.41, 5.74) is -0.0610. The van der Waals surface area contributed by atoms with E-state index in [1.807, 2.05) is 0 Å². The van der Waals surface area contributed by atoms with Crippen LogP contribution in [-0.2, 0) is 0 Å². The van der Waals surface area contributed by atoms with Crippen LogP contribution in [0.15, 0.2) is 24.4 Å². The van der Waals surface area contributed by atoms with Crippen molar-refractivity contribution < 1.29 is 9.90 Å². The summed E-state index contributed by atoms with van der Waals surface area (Å²) in [4.78, 5) is 14.7. The molecular weight excluding hydrogens is 237 g/mol. The van der Waals surface area contributed by atoms with Crippen LogP contribution in [0, 0.1) is 0 Å². The third-order valence-electron chi connectivity index (χ3n) is 1.98. The Balaban J connectivity index is 2.91. The highest BCUT2D eigenvalue weighted by Gasteiger charge is 2.13. The Bertz CT molecular complexity index is 554. The lowest BCUT2D eigenvalue weighted by molar-refractivity contribution is 0.0693. The molecule has 0 amide bonds. The lowest BCUT2D eigenvalue weighted by atomic mass is 10.1. The van der Waals surface area contributed by atoms with Gasteiger partial charge in [0.1, 0.15) is 0 Å². The van der Waals surface area contributed by atoms with Crippen LogP contribution in [0.4, 0.5) is 0 Å². The van der Waals surface area contributed by atoms with Crippen LogP contribution in [0.3, 0.4) is 0 Å². The second-order valence-electron chi connectivity index (χ2n) is 2.95. The third kappa shape index (κ3) is 1.76. The van der Waals surface area contributed by atoms with Gasteiger partial charge in [0.25, 0.3) is 0 Å². The molecule has 0 radical (unpaired) electrons. The first-order chi connectivity index (χ1) is 7.09. The highest BCUT2D eigenvalue weighted by Crippen LogP contribution is 2.29. The summed E-state index contributed by atoms with van der Waals surface area (Å²) in [5, 5.41) is 10.8. The minimum Gasteiger partial charge on any atom is -0.476 e. The van der Waals surface area contributed by atoms with Gasteiger partial charge in [0.05, 0.1) is 5.02 Å². The molecule has 0 saturated carbocycles. The van der Waals surface area contributed by atoms with Crippen LogP contribution in [0.25, 0.3) is 10.8 Å². The number of pyridine rings is 1. The zero-order valence-corrected chi connectivity index (χ0v) is 8.88. The molecule has 76 valence electrons. The van der Waals surface area contributed by atoms with Crippen LogP contribution in [0.2, 0.25) is 10.0 Å². The lowest BCUT2D eigenvalue weighted by Crippen LogP contribution is -2.01. The molecule has 1 aromatic carbocycles. The van der Waals surface area contributed by atoms with E-state index in [4.69, 9.17) is 28.3 Å². The fourth-order valence-electron chi connectivity index (χ4n) is 1.39. The van der Waals surface area contributed by atoms with Crippen molar-refractivity contribution in [1.82, 2.24) is 4.98 Å². The standard InChI is InChI=1S/C10H5Cl2NO2/c11-6-3-5-1-2-13-9(10(14)15)8(5)7(12)4-6/h1-4H,(H,14,15). The van der Waals surface area contributed by atoms with Crippen molar-refractivity contribution in [3.05, 3.63) is 40.1 Å². The van der Waals surface area contributed by atoms with Gasteiger partial charge in [-0.25, -0.2) is 9.78 Å². The molecule has 0 spiro atoms. The van der Waals surface area contributed by atoms with Crippen LogP contribution in [0.5, 0.6) is 0 Å². The topological polar surface area (TPSA) is 50.2 Å². The van der Waals surface area contributed by atoms with Crippen LogP contribution < -0.4 is 0 Å².